The highest BCUT2D eigenvalue weighted by Gasteiger charge is 2.25. The highest BCUT2D eigenvalue weighted by atomic mass is 35.5. The molecule has 7 nitrogen and oxygen atoms in total. The van der Waals surface area contributed by atoms with Crippen LogP contribution in [0.15, 0.2) is 24.3 Å². The summed E-state index contributed by atoms with van der Waals surface area (Å²) in [6, 6.07) is 7.22. The first-order valence-corrected chi connectivity index (χ1v) is 11.9. The molecule has 1 aliphatic carbocycles. The number of aromatic amines is 1. The molecule has 0 radical (unpaired) electrons. The molecule has 2 aromatic heterocycles. The number of hydrogen-bond acceptors (Lipinski definition) is 6. The van der Waals surface area contributed by atoms with Crippen molar-refractivity contribution in [1.82, 2.24) is 20.4 Å². The molecule has 170 valence electrons. The van der Waals surface area contributed by atoms with Crippen LogP contribution in [0.5, 0.6) is 5.75 Å². The van der Waals surface area contributed by atoms with Crippen molar-refractivity contribution in [1.29, 1.82) is 0 Å². The lowest BCUT2D eigenvalue weighted by molar-refractivity contribution is -0.0344. The standard InChI is InChI=1S/C22H24Cl3N5O2/c23-15-8-14(20(17(24)9-15)31-12-13-3-4-13)10-26-32-16-2-1-7-30(11-16)22-27-18-5-6-19(25)28-21(18)29-22/h5-6,8-9,13,16,26H,1-4,7,10-12H2,(H,27,28,29). The minimum Gasteiger partial charge on any atom is -0.491 e. The quantitative estimate of drug-likeness (QED) is 0.321. The number of rotatable bonds is 8. The number of nitrogens with zero attached hydrogens (tertiary/aromatic N) is 3. The fraction of sp³-hybridized carbons (Fsp3) is 0.455. The van der Waals surface area contributed by atoms with Gasteiger partial charge in [0, 0.05) is 30.2 Å². The molecule has 2 aliphatic rings. The molecule has 1 aromatic carbocycles. The van der Waals surface area contributed by atoms with Crippen molar-refractivity contribution in [3.8, 4) is 5.75 Å². The number of piperidine rings is 1. The van der Waals surface area contributed by atoms with Crippen LogP contribution in [-0.2, 0) is 11.4 Å². The van der Waals surface area contributed by atoms with Gasteiger partial charge in [0.15, 0.2) is 5.65 Å². The van der Waals surface area contributed by atoms with Gasteiger partial charge in [0.1, 0.15) is 10.9 Å². The molecule has 1 saturated heterocycles. The van der Waals surface area contributed by atoms with Gasteiger partial charge < -0.3 is 14.6 Å². The number of aromatic nitrogens is 3. The number of imidazole rings is 1. The van der Waals surface area contributed by atoms with Crippen molar-refractivity contribution in [3.05, 3.63) is 45.0 Å². The molecule has 1 unspecified atom stereocenters. The van der Waals surface area contributed by atoms with E-state index >= 15 is 0 Å². The van der Waals surface area contributed by atoms with Gasteiger partial charge in [-0.3, -0.25) is 4.84 Å². The molecule has 5 rings (SSSR count). The van der Waals surface area contributed by atoms with E-state index in [1.807, 2.05) is 12.1 Å². The van der Waals surface area contributed by atoms with Gasteiger partial charge in [0.2, 0.25) is 5.95 Å². The largest absolute Gasteiger partial charge is 0.491 e. The molecule has 1 saturated carbocycles. The van der Waals surface area contributed by atoms with E-state index in [9.17, 15) is 0 Å². The van der Waals surface area contributed by atoms with E-state index in [1.165, 1.54) is 12.8 Å². The number of nitrogens with one attached hydrogen (secondary N) is 2. The normalized spacial score (nSPS) is 19.0. The van der Waals surface area contributed by atoms with E-state index in [4.69, 9.17) is 44.4 Å². The van der Waals surface area contributed by atoms with Gasteiger partial charge in [-0.2, -0.15) is 10.5 Å². The summed E-state index contributed by atoms with van der Waals surface area (Å²) >= 11 is 18.6. The molecule has 32 heavy (non-hydrogen) atoms. The summed E-state index contributed by atoms with van der Waals surface area (Å²) < 4.78 is 5.98. The van der Waals surface area contributed by atoms with Crippen LogP contribution in [0.3, 0.4) is 0 Å². The van der Waals surface area contributed by atoms with Gasteiger partial charge in [-0.25, -0.2) is 4.98 Å². The first-order chi connectivity index (χ1) is 15.5. The molecule has 3 heterocycles. The van der Waals surface area contributed by atoms with E-state index < -0.39 is 0 Å². The van der Waals surface area contributed by atoms with Gasteiger partial charge in [0.25, 0.3) is 0 Å². The average molecular weight is 497 g/mol. The van der Waals surface area contributed by atoms with Crippen LogP contribution in [-0.4, -0.2) is 40.8 Å². The van der Waals surface area contributed by atoms with Gasteiger partial charge in [-0.1, -0.05) is 34.8 Å². The van der Waals surface area contributed by atoms with Crippen LogP contribution in [0, 0.1) is 5.92 Å². The number of benzene rings is 1. The summed E-state index contributed by atoms with van der Waals surface area (Å²) in [5.41, 5.74) is 5.46. The number of hydroxylamine groups is 1. The smallest absolute Gasteiger partial charge is 0.205 e. The molecule has 10 heteroatoms. The van der Waals surface area contributed by atoms with Crippen molar-refractivity contribution in [2.24, 2.45) is 5.92 Å². The molecule has 0 bridgehead atoms. The zero-order chi connectivity index (χ0) is 22.1. The van der Waals surface area contributed by atoms with Gasteiger partial charge in [-0.15, -0.1) is 0 Å². The molecule has 2 fully saturated rings. The van der Waals surface area contributed by atoms with Gasteiger partial charge in [0.05, 0.1) is 23.3 Å². The van der Waals surface area contributed by atoms with E-state index in [-0.39, 0.29) is 6.10 Å². The van der Waals surface area contributed by atoms with Crippen LogP contribution < -0.4 is 15.1 Å². The molecule has 2 N–H and O–H groups in total. The number of hydrogen-bond donors (Lipinski definition) is 2. The fourth-order valence-electron chi connectivity index (χ4n) is 3.86. The maximum Gasteiger partial charge on any atom is 0.205 e. The lowest BCUT2D eigenvalue weighted by Crippen LogP contribution is -2.42. The lowest BCUT2D eigenvalue weighted by atomic mass is 10.1. The minimum absolute atomic E-state index is 0.0130. The van der Waals surface area contributed by atoms with Crippen molar-refractivity contribution < 1.29 is 9.57 Å². The number of halogens is 3. The summed E-state index contributed by atoms with van der Waals surface area (Å²) in [6.45, 7) is 2.74. The van der Waals surface area contributed by atoms with E-state index in [2.05, 4.69) is 25.3 Å². The van der Waals surface area contributed by atoms with Crippen LogP contribution >= 0.6 is 34.8 Å². The van der Waals surface area contributed by atoms with Crippen LogP contribution in [0.4, 0.5) is 5.95 Å². The molecular formula is C22H24Cl3N5O2. The van der Waals surface area contributed by atoms with Gasteiger partial charge >= 0.3 is 0 Å². The Hall–Kier alpha value is -1.77. The average Bonchev–Trinajstić information content (AvgIpc) is 3.50. The predicted molar refractivity (Wildman–Crippen MR) is 127 cm³/mol. The maximum atomic E-state index is 6.39. The van der Waals surface area contributed by atoms with Crippen LogP contribution in [0.2, 0.25) is 15.2 Å². The molecule has 0 amide bonds. The fourth-order valence-corrected chi connectivity index (χ4v) is 4.60. The number of H-pyrrole nitrogens is 1. The van der Waals surface area contributed by atoms with Crippen molar-refractivity contribution in [2.45, 2.75) is 38.3 Å². The number of anilines is 1. The Morgan fingerprint density at radius 1 is 1.12 bits per heavy atom. The summed E-state index contributed by atoms with van der Waals surface area (Å²) in [5, 5.41) is 1.53. The number of ether oxygens (including phenoxy) is 1. The van der Waals surface area contributed by atoms with E-state index in [0.29, 0.717) is 52.2 Å². The third-order valence-electron chi connectivity index (χ3n) is 5.74. The molecule has 1 aliphatic heterocycles. The molecule has 1 atom stereocenters. The first-order valence-electron chi connectivity index (χ1n) is 10.8. The van der Waals surface area contributed by atoms with E-state index in [1.54, 1.807) is 12.1 Å². The summed E-state index contributed by atoms with van der Waals surface area (Å²) in [5.74, 6) is 2.09. The Bertz CT molecular complexity index is 1100. The molecule has 3 aromatic rings. The Morgan fingerprint density at radius 3 is 2.84 bits per heavy atom. The Kier molecular flexibility index (Phi) is 6.62. The number of pyridine rings is 1. The zero-order valence-corrected chi connectivity index (χ0v) is 19.7. The second-order valence-corrected chi connectivity index (χ2v) is 9.58. The minimum atomic E-state index is 0.0130. The maximum absolute atomic E-state index is 6.39. The SMILES string of the molecule is Clc1cc(Cl)c(OCC2CC2)c(CNOC2CCCN(c3nc4nc(Cl)ccc4[nH]3)C2)c1. The second-order valence-electron chi connectivity index (χ2n) is 8.35. The van der Waals surface area contributed by atoms with Crippen LogP contribution in [0.1, 0.15) is 31.2 Å². The molecule has 0 spiro atoms. The lowest BCUT2D eigenvalue weighted by Gasteiger charge is -2.32. The Labute approximate surface area is 201 Å². The van der Waals surface area contributed by atoms with Crippen LogP contribution in [0.25, 0.3) is 11.2 Å². The summed E-state index contributed by atoms with van der Waals surface area (Å²) in [4.78, 5) is 20.3. The Balaban J connectivity index is 1.19. The third kappa shape index (κ3) is 5.24. The topological polar surface area (TPSA) is 75.3 Å². The summed E-state index contributed by atoms with van der Waals surface area (Å²) in [6.07, 6.45) is 4.40. The predicted octanol–water partition coefficient (Wildman–Crippen LogP) is 5.40. The zero-order valence-electron chi connectivity index (χ0n) is 17.4. The van der Waals surface area contributed by atoms with Crippen molar-refractivity contribution >= 4 is 51.9 Å². The Morgan fingerprint density at radius 2 is 2.00 bits per heavy atom. The third-order valence-corrected chi connectivity index (χ3v) is 6.44. The number of fused-ring (bicyclic) bond motifs is 1. The second kappa shape index (κ2) is 9.61. The van der Waals surface area contributed by atoms with Crippen molar-refractivity contribution in [3.63, 3.8) is 0 Å². The highest BCUT2D eigenvalue weighted by molar-refractivity contribution is 6.35. The highest BCUT2D eigenvalue weighted by Crippen LogP contribution is 2.35. The summed E-state index contributed by atoms with van der Waals surface area (Å²) in [7, 11) is 0. The van der Waals surface area contributed by atoms with Gasteiger partial charge in [-0.05, 0) is 55.9 Å². The first kappa shape index (κ1) is 22.0. The molecular weight excluding hydrogens is 473 g/mol. The van der Waals surface area contributed by atoms with Crippen molar-refractivity contribution in [2.75, 3.05) is 24.6 Å². The monoisotopic (exact) mass is 495 g/mol. The van der Waals surface area contributed by atoms with E-state index in [0.717, 1.165) is 36.4 Å².